The fourth-order valence-electron chi connectivity index (χ4n) is 2.94. The molecule has 0 aliphatic carbocycles. The van der Waals surface area contributed by atoms with Crippen LogP contribution in [-0.4, -0.2) is 60.4 Å². The largest absolute Gasteiger partial charge is 0.454 e. The lowest BCUT2D eigenvalue weighted by Gasteiger charge is -2.34. The summed E-state index contributed by atoms with van der Waals surface area (Å²) in [4.78, 5) is 21.7. The number of carbonyl (C=O) groups excluding carboxylic acids is 1. The van der Waals surface area contributed by atoms with Crippen molar-refractivity contribution in [2.75, 3.05) is 39.5 Å². The topological polar surface area (TPSA) is 54.4 Å². The lowest BCUT2D eigenvalue weighted by molar-refractivity contribution is -0.113. The maximum Gasteiger partial charge on any atom is 0.286 e. The average molecular weight is 345 g/mol. The Bertz CT molecular complexity index is 724. The van der Waals surface area contributed by atoms with Crippen LogP contribution in [0.5, 0.6) is 11.5 Å². The number of carbonyl (C=O) groups is 1. The smallest absolute Gasteiger partial charge is 0.286 e. The fraction of sp³-hybridized carbons (Fsp3) is 0.412. The number of benzene rings is 1. The molecular formula is C17H19N3O3S. The molecule has 3 aliphatic heterocycles. The first kappa shape index (κ1) is 15.5. The molecule has 0 bridgehead atoms. The van der Waals surface area contributed by atoms with Gasteiger partial charge < -0.3 is 19.3 Å². The molecule has 3 aliphatic rings. The molecule has 4 rings (SSSR count). The number of thioether (sulfide) groups is 1. The van der Waals surface area contributed by atoms with E-state index in [1.165, 1.54) is 11.8 Å². The van der Waals surface area contributed by atoms with Gasteiger partial charge in [0.05, 0.1) is 4.91 Å². The third-order valence-electron chi connectivity index (χ3n) is 4.39. The highest BCUT2D eigenvalue weighted by molar-refractivity contribution is 8.18. The molecule has 0 N–H and O–H groups in total. The summed E-state index contributed by atoms with van der Waals surface area (Å²) in [6.45, 7) is 7.38. The van der Waals surface area contributed by atoms with Crippen LogP contribution >= 0.6 is 11.8 Å². The van der Waals surface area contributed by atoms with Crippen molar-refractivity contribution in [2.45, 2.75) is 6.92 Å². The predicted octanol–water partition coefficient (Wildman–Crippen LogP) is 2.02. The number of likely N-dealkylation sites (N-methyl/N-ethyl adjacent to an activating group) is 1. The highest BCUT2D eigenvalue weighted by Crippen LogP contribution is 2.35. The third kappa shape index (κ3) is 3.01. The van der Waals surface area contributed by atoms with Crippen LogP contribution in [0.25, 0.3) is 6.08 Å². The van der Waals surface area contributed by atoms with Crippen molar-refractivity contribution in [3.63, 3.8) is 0 Å². The average Bonchev–Trinajstić information content (AvgIpc) is 3.21. The number of rotatable bonds is 2. The Morgan fingerprint density at radius 3 is 2.79 bits per heavy atom. The summed E-state index contributed by atoms with van der Waals surface area (Å²) >= 11 is 1.46. The maximum absolute atomic E-state index is 12.2. The van der Waals surface area contributed by atoms with Gasteiger partial charge in [-0.05, 0) is 42.1 Å². The van der Waals surface area contributed by atoms with Gasteiger partial charge in [0.15, 0.2) is 16.7 Å². The number of amidine groups is 1. The summed E-state index contributed by atoms with van der Waals surface area (Å²) in [7, 11) is 0. The number of hydrogen-bond acceptors (Lipinski definition) is 6. The monoisotopic (exact) mass is 345 g/mol. The summed E-state index contributed by atoms with van der Waals surface area (Å²) in [6, 6.07) is 5.68. The van der Waals surface area contributed by atoms with Gasteiger partial charge in [-0.1, -0.05) is 13.0 Å². The molecule has 1 saturated heterocycles. The van der Waals surface area contributed by atoms with E-state index in [0.717, 1.165) is 55.0 Å². The van der Waals surface area contributed by atoms with Crippen molar-refractivity contribution in [1.29, 1.82) is 0 Å². The van der Waals surface area contributed by atoms with Gasteiger partial charge in [-0.15, -0.1) is 0 Å². The van der Waals surface area contributed by atoms with Crippen LogP contribution in [0.4, 0.5) is 0 Å². The molecule has 0 spiro atoms. The zero-order valence-electron chi connectivity index (χ0n) is 13.5. The van der Waals surface area contributed by atoms with Gasteiger partial charge in [-0.3, -0.25) is 4.79 Å². The minimum Gasteiger partial charge on any atom is -0.454 e. The summed E-state index contributed by atoms with van der Waals surface area (Å²) in [6.07, 6.45) is 1.87. The number of nitrogens with zero attached hydrogens (tertiary/aromatic N) is 3. The molecule has 1 aromatic rings. The number of piperazine rings is 1. The summed E-state index contributed by atoms with van der Waals surface area (Å²) in [5.41, 5.74) is 0.919. The first-order valence-electron chi connectivity index (χ1n) is 8.12. The number of aliphatic imine (C=N–C) groups is 1. The molecular weight excluding hydrogens is 326 g/mol. The molecule has 0 radical (unpaired) electrons. The Hall–Kier alpha value is -1.99. The Kier molecular flexibility index (Phi) is 4.20. The summed E-state index contributed by atoms with van der Waals surface area (Å²) < 4.78 is 10.7. The van der Waals surface area contributed by atoms with Gasteiger partial charge in [0.2, 0.25) is 6.79 Å². The number of fused-ring (bicyclic) bond motifs is 1. The number of amides is 1. The molecule has 1 aromatic carbocycles. The molecule has 0 unspecified atom stereocenters. The number of ether oxygens (including phenoxy) is 2. The van der Waals surface area contributed by atoms with Crippen molar-refractivity contribution >= 4 is 28.9 Å². The zero-order valence-corrected chi connectivity index (χ0v) is 14.3. The van der Waals surface area contributed by atoms with E-state index < -0.39 is 0 Å². The molecule has 126 valence electrons. The normalized spacial score (nSPS) is 22.4. The summed E-state index contributed by atoms with van der Waals surface area (Å²) in [5, 5.41) is 0.822. The standard InChI is InChI=1S/C17H19N3O3S/c1-2-19-5-7-20(8-6-19)17-18-16(21)15(24-17)10-12-3-4-13-14(9-12)23-11-22-13/h3-4,9-10H,2,5-8,11H2,1H3. The Labute approximate surface area is 145 Å². The van der Waals surface area contributed by atoms with E-state index in [2.05, 4.69) is 21.7 Å². The van der Waals surface area contributed by atoms with Crippen molar-refractivity contribution in [3.8, 4) is 11.5 Å². The first-order valence-corrected chi connectivity index (χ1v) is 8.94. The quantitative estimate of drug-likeness (QED) is 0.765. The van der Waals surface area contributed by atoms with Crippen molar-refractivity contribution in [2.24, 2.45) is 4.99 Å². The van der Waals surface area contributed by atoms with Gasteiger partial charge >= 0.3 is 0 Å². The highest BCUT2D eigenvalue weighted by atomic mass is 32.2. The van der Waals surface area contributed by atoms with E-state index >= 15 is 0 Å². The van der Waals surface area contributed by atoms with E-state index in [9.17, 15) is 4.79 Å². The second-order valence-corrected chi connectivity index (χ2v) is 6.85. The van der Waals surface area contributed by atoms with Gasteiger partial charge in [0.25, 0.3) is 5.91 Å². The SMILES string of the molecule is CCN1CCN(C2=NC(=O)C(=Cc3ccc4c(c3)OCO4)S2)CC1. The van der Waals surface area contributed by atoms with Gasteiger partial charge in [0.1, 0.15) is 0 Å². The lowest BCUT2D eigenvalue weighted by atomic mass is 10.2. The minimum absolute atomic E-state index is 0.161. The van der Waals surface area contributed by atoms with Crippen LogP contribution in [0, 0.1) is 0 Å². The number of hydrogen-bond donors (Lipinski definition) is 0. The molecule has 0 saturated carbocycles. The summed E-state index contributed by atoms with van der Waals surface area (Å²) in [5.74, 6) is 1.30. The zero-order chi connectivity index (χ0) is 16.5. The third-order valence-corrected chi connectivity index (χ3v) is 5.44. The van der Waals surface area contributed by atoms with Crippen LogP contribution in [0.2, 0.25) is 0 Å². The predicted molar refractivity (Wildman–Crippen MR) is 94.3 cm³/mol. The van der Waals surface area contributed by atoms with Crippen molar-refractivity contribution in [1.82, 2.24) is 9.80 Å². The molecule has 1 amide bonds. The first-order chi connectivity index (χ1) is 11.7. The van der Waals surface area contributed by atoms with E-state index in [-0.39, 0.29) is 12.7 Å². The molecule has 7 heteroatoms. The molecule has 24 heavy (non-hydrogen) atoms. The van der Waals surface area contributed by atoms with Gasteiger partial charge in [0, 0.05) is 26.2 Å². The van der Waals surface area contributed by atoms with Crippen LogP contribution < -0.4 is 9.47 Å². The Morgan fingerprint density at radius 1 is 1.21 bits per heavy atom. The van der Waals surface area contributed by atoms with E-state index in [4.69, 9.17) is 9.47 Å². The van der Waals surface area contributed by atoms with Crippen LogP contribution in [0.3, 0.4) is 0 Å². The Balaban J connectivity index is 1.46. The van der Waals surface area contributed by atoms with Crippen LogP contribution in [0.15, 0.2) is 28.1 Å². The van der Waals surface area contributed by atoms with E-state index in [1.54, 1.807) is 0 Å². The Morgan fingerprint density at radius 2 is 2.00 bits per heavy atom. The van der Waals surface area contributed by atoms with Crippen LogP contribution in [-0.2, 0) is 4.79 Å². The maximum atomic E-state index is 12.2. The van der Waals surface area contributed by atoms with E-state index in [1.807, 2.05) is 24.3 Å². The van der Waals surface area contributed by atoms with Gasteiger partial charge in [-0.2, -0.15) is 4.99 Å². The molecule has 0 atom stereocenters. The van der Waals surface area contributed by atoms with Gasteiger partial charge in [-0.25, -0.2) is 0 Å². The fourth-order valence-corrected chi connectivity index (χ4v) is 3.91. The van der Waals surface area contributed by atoms with Crippen molar-refractivity contribution in [3.05, 3.63) is 28.7 Å². The van der Waals surface area contributed by atoms with E-state index in [0.29, 0.717) is 4.91 Å². The molecule has 3 heterocycles. The second-order valence-electron chi connectivity index (χ2n) is 5.84. The lowest BCUT2D eigenvalue weighted by Crippen LogP contribution is -2.47. The minimum atomic E-state index is -0.161. The van der Waals surface area contributed by atoms with Crippen LogP contribution in [0.1, 0.15) is 12.5 Å². The van der Waals surface area contributed by atoms with Crippen molar-refractivity contribution < 1.29 is 14.3 Å². The molecule has 1 fully saturated rings. The second kappa shape index (κ2) is 6.49. The highest BCUT2D eigenvalue weighted by Gasteiger charge is 2.28. The molecule has 6 nitrogen and oxygen atoms in total. The molecule has 0 aromatic heterocycles.